The molecule has 152 valence electrons. The third-order valence-electron chi connectivity index (χ3n) is 7.91. The Labute approximate surface area is 169 Å². The van der Waals surface area contributed by atoms with Gasteiger partial charge in [-0.2, -0.15) is 11.8 Å². The number of thioether (sulfide) groups is 1. The molecule has 4 nitrogen and oxygen atoms in total. The van der Waals surface area contributed by atoms with Crippen molar-refractivity contribution in [1.29, 1.82) is 0 Å². The molecule has 4 aliphatic rings. The van der Waals surface area contributed by atoms with Gasteiger partial charge in [0.15, 0.2) is 11.5 Å². The quantitative estimate of drug-likeness (QED) is 0.652. The van der Waals surface area contributed by atoms with Crippen LogP contribution in [0.15, 0.2) is 23.8 Å². The van der Waals surface area contributed by atoms with Gasteiger partial charge in [-0.3, -0.25) is 14.4 Å². The van der Waals surface area contributed by atoms with Crippen LogP contribution in [0.4, 0.5) is 4.39 Å². The summed E-state index contributed by atoms with van der Waals surface area (Å²) in [7, 11) is 0. The number of alkyl halides is 1. The number of esters is 1. The maximum atomic E-state index is 17.3. The Morgan fingerprint density at radius 2 is 2.00 bits per heavy atom. The zero-order valence-corrected chi connectivity index (χ0v) is 17.6. The Kier molecular flexibility index (Phi) is 4.46. The van der Waals surface area contributed by atoms with Crippen molar-refractivity contribution in [2.75, 3.05) is 6.26 Å². The van der Waals surface area contributed by atoms with Crippen LogP contribution in [0.1, 0.15) is 46.5 Å². The minimum absolute atomic E-state index is 0.0846. The fraction of sp³-hybridized carbons (Fsp3) is 0.682. The Morgan fingerprint density at radius 1 is 1.29 bits per heavy atom. The van der Waals surface area contributed by atoms with E-state index in [1.807, 2.05) is 13.2 Å². The van der Waals surface area contributed by atoms with Gasteiger partial charge in [0, 0.05) is 24.7 Å². The van der Waals surface area contributed by atoms with Crippen molar-refractivity contribution in [3.63, 3.8) is 0 Å². The van der Waals surface area contributed by atoms with Crippen molar-refractivity contribution >= 4 is 29.3 Å². The van der Waals surface area contributed by atoms with Crippen LogP contribution in [-0.2, 0) is 19.1 Å². The van der Waals surface area contributed by atoms with E-state index in [0.29, 0.717) is 25.7 Å². The van der Waals surface area contributed by atoms with E-state index in [-0.39, 0.29) is 22.7 Å². The maximum Gasteiger partial charge on any atom is 0.303 e. The topological polar surface area (TPSA) is 60.4 Å². The Bertz CT molecular complexity index is 819. The molecule has 3 saturated carbocycles. The first-order chi connectivity index (χ1) is 13.1. The second-order valence-electron chi connectivity index (χ2n) is 9.22. The van der Waals surface area contributed by atoms with Gasteiger partial charge < -0.3 is 4.74 Å². The molecule has 3 fully saturated rings. The Balaban J connectivity index is 1.87. The predicted molar refractivity (Wildman–Crippen MR) is 106 cm³/mol. The lowest BCUT2D eigenvalue weighted by atomic mass is 9.46. The lowest BCUT2D eigenvalue weighted by Crippen LogP contribution is -2.67. The van der Waals surface area contributed by atoms with Crippen LogP contribution in [0, 0.1) is 22.7 Å². The lowest BCUT2D eigenvalue weighted by molar-refractivity contribution is -0.208. The summed E-state index contributed by atoms with van der Waals surface area (Å²) >= 11 is 1.52. The van der Waals surface area contributed by atoms with Gasteiger partial charge in [-0.05, 0) is 55.9 Å². The molecule has 0 spiro atoms. The predicted octanol–water partition coefficient (Wildman–Crippen LogP) is 3.84. The largest absolute Gasteiger partial charge is 0.459 e. The van der Waals surface area contributed by atoms with Crippen molar-refractivity contribution in [1.82, 2.24) is 0 Å². The Morgan fingerprint density at radius 3 is 2.64 bits per heavy atom. The number of carbonyl (C=O) groups excluding carboxylic acids is 3. The molecule has 0 aromatic heterocycles. The SMILES string of the molecule is CSC1C(=O)C[C@H]2[C@@H]3CCC4=CC(=O)C=C[C@]4(C)[C@@]3(F)[C@@H](OC(C)=O)C[C@]12C. The second kappa shape index (κ2) is 6.28. The van der Waals surface area contributed by atoms with E-state index < -0.39 is 34.5 Å². The van der Waals surface area contributed by atoms with Gasteiger partial charge >= 0.3 is 5.97 Å². The molecule has 28 heavy (non-hydrogen) atoms. The fourth-order valence-electron chi connectivity index (χ4n) is 6.66. The molecule has 6 heteroatoms. The molecular weight excluding hydrogens is 379 g/mol. The van der Waals surface area contributed by atoms with Crippen LogP contribution in [0.25, 0.3) is 0 Å². The number of ether oxygens (including phenoxy) is 1. The van der Waals surface area contributed by atoms with E-state index in [0.717, 1.165) is 5.57 Å². The molecule has 7 atom stereocenters. The van der Waals surface area contributed by atoms with Crippen LogP contribution in [0.3, 0.4) is 0 Å². The van der Waals surface area contributed by atoms with Crippen LogP contribution >= 0.6 is 11.8 Å². The van der Waals surface area contributed by atoms with E-state index in [2.05, 4.69) is 6.92 Å². The monoisotopic (exact) mass is 406 g/mol. The van der Waals surface area contributed by atoms with Crippen molar-refractivity contribution in [2.24, 2.45) is 22.7 Å². The summed E-state index contributed by atoms with van der Waals surface area (Å²) in [6.07, 6.45) is 7.51. The molecule has 1 unspecified atom stereocenters. The van der Waals surface area contributed by atoms with Crippen LogP contribution in [0.2, 0.25) is 0 Å². The molecule has 0 saturated heterocycles. The summed E-state index contributed by atoms with van der Waals surface area (Å²) in [5.74, 6) is -0.942. The number of rotatable bonds is 2. The summed E-state index contributed by atoms with van der Waals surface area (Å²) in [5.41, 5.74) is -2.48. The number of ketones is 2. The number of halogens is 1. The first-order valence-electron chi connectivity index (χ1n) is 9.94. The third kappa shape index (κ3) is 2.39. The van der Waals surface area contributed by atoms with E-state index in [9.17, 15) is 14.4 Å². The highest BCUT2D eigenvalue weighted by molar-refractivity contribution is 8.00. The van der Waals surface area contributed by atoms with Crippen LogP contribution in [0.5, 0.6) is 0 Å². The Hall–Kier alpha value is -1.43. The normalized spacial score (nSPS) is 47.1. The number of carbonyl (C=O) groups is 3. The summed E-state index contributed by atoms with van der Waals surface area (Å²) in [5, 5.41) is -0.201. The van der Waals surface area contributed by atoms with E-state index >= 15 is 4.39 Å². The van der Waals surface area contributed by atoms with Gasteiger partial charge in [0.2, 0.25) is 0 Å². The average molecular weight is 407 g/mol. The minimum Gasteiger partial charge on any atom is -0.459 e. The van der Waals surface area contributed by atoms with E-state index in [1.165, 1.54) is 24.8 Å². The molecule has 0 amide bonds. The van der Waals surface area contributed by atoms with Crippen molar-refractivity contribution < 1.29 is 23.5 Å². The summed E-state index contributed by atoms with van der Waals surface area (Å²) in [4.78, 5) is 36.6. The highest BCUT2D eigenvalue weighted by atomic mass is 32.2. The van der Waals surface area contributed by atoms with Crippen LogP contribution in [-0.4, -0.2) is 40.8 Å². The van der Waals surface area contributed by atoms with E-state index in [4.69, 9.17) is 4.74 Å². The van der Waals surface area contributed by atoms with Crippen LogP contribution < -0.4 is 0 Å². The molecular formula is C22H27FO4S. The number of fused-ring (bicyclic) bond motifs is 5. The van der Waals surface area contributed by atoms with Crippen molar-refractivity contribution in [3.05, 3.63) is 23.8 Å². The summed E-state index contributed by atoms with van der Waals surface area (Å²) in [6.45, 7) is 5.18. The van der Waals surface area contributed by atoms with E-state index in [1.54, 1.807) is 12.2 Å². The maximum absolute atomic E-state index is 17.3. The number of hydrogen-bond acceptors (Lipinski definition) is 5. The zero-order valence-electron chi connectivity index (χ0n) is 16.8. The minimum atomic E-state index is -1.84. The lowest BCUT2D eigenvalue weighted by Gasteiger charge is -2.62. The number of hydrogen-bond donors (Lipinski definition) is 0. The standard InChI is InChI=1S/C22H27FO4S/c1-12(24)27-18-11-20(2)16(10-17(26)19(20)28-4)15-6-5-13-9-14(25)7-8-21(13,3)22(15,18)23/h7-9,15-16,18-19H,5-6,10-11H2,1-4H3/t15-,16-,18-,19?,20-,21-,22-/m0/s1. The molecule has 4 aliphatic carbocycles. The third-order valence-corrected chi connectivity index (χ3v) is 9.18. The van der Waals surface area contributed by atoms with Gasteiger partial charge in [-0.15, -0.1) is 0 Å². The molecule has 4 rings (SSSR count). The summed E-state index contributed by atoms with van der Waals surface area (Å²) < 4.78 is 22.9. The smallest absolute Gasteiger partial charge is 0.303 e. The van der Waals surface area contributed by atoms with Gasteiger partial charge in [0.05, 0.1) is 5.25 Å². The first kappa shape index (κ1) is 19.9. The molecule has 0 N–H and O–H groups in total. The second-order valence-corrected chi connectivity index (χ2v) is 10.2. The highest BCUT2D eigenvalue weighted by Gasteiger charge is 2.72. The summed E-state index contributed by atoms with van der Waals surface area (Å²) in [6, 6.07) is 0. The fourth-order valence-corrected chi connectivity index (χ4v) is 7.83. The molecule has 0 radical (unpaired) electrons. The molecule has 0 aliphatic heterocycles. The average Bonchev–Trinajstić information content (AvgIpc) is 2.86. The molecule has 0 heterocycles. The van der Waals surface area contributed by atoms with Gasteiger partial charge in [-0.1, -0.05) is 18.6 Å². The molecule has 0 aromatic rings. The number of Topliss-reactive ketones (excluding diaryl/α,β-unsaturated/α-hetero) is 1. The van der Waals surface area contributed by atoms with Crippen molar-refractivity contribution in [2.45, 2.75) is 63.5 Å². The molecule has 0 bridgehead atoms. The van der Waals surface area contributed by atoms with Gasteiger partial charge in [0.1, 0.15) is 11.9 Å². The zero-order chi connectivity index (χ0) is 20.5. The highest BCUT2D eigenvalue weighted by Crippen LogP contribution is 2.68. The first-order valence-corrected chi connectivity index (χ1v) is 11.2. The molecule has 0 aromatic carbocycles. The van der Waals surface area contributed by atoms with Gasteiger partial charge in [0.25, 0.3) is 0 Å². The van der Waals surface area contributed by atoms with Crippen molar-refractivity contribution in [3.8, 4) is 0 Å². The number of allylic oxidation sites excluding steroid dienone is 4. The van der Waals surface area contributed by atoms with Gasteiger partial charge in [-0.25, -0.2) is 4.39 Å².